The van der Waals surface area contributed by atoms with Gasteiger partial charge in [-0.2, -0.15) is 13.2 Å². The molecule has 3 rings (SSSR count). The molecule has 2 atom stereocenters. The molecule has 1 aromatic heterocycles. The van der Waals surface area contributed by atoms with E-state index >= 15 is 0 Å². The van der Waals surface area contributed by atoms with Crippen molar-refractivity contribution in [3.8, 4) is 0 Å². The van der Waals surface area contributed by atoms with Crippen LogP contribution in [0.15, 0.2) is 48.5 Å². The van der Waals surface area contributed by atoms with Crippen molar-refractivity contribution in [1.29, 1.82) is 0 Å². The minimum Gasteiger partial charge on any atom is -0.373 e. The molecule has 0 radical (unpaired) electrons. The third-order valence-electron chi connectivity index (χ3n) is 3.85. The van der Waals surface area contributed by atoms with E-state index in [-0.39, 0.29) is 18.0 Å². The normalized spacial score (nSPS) is 21.9. The van der Waals surface area contributed by atoms with Crippen LogP contribution < -0.4 is 5.32 Å². The molecular weight excluding hydrogens is 305 g/mol. The maximum absolute atomic E-state index is 12.7. The number of nitrogens with one attached hydrogen (secondary N) is 1. The number of benzene rings is 1. The first-order valence-corrected chi connectivity index (χ1v) is 7.50. The van der Waals surface area contributed by atoms with Gasteiger partial charge in [-0.3, -0.25) is 0 Å². The number of alkyl halides is 3. The first-order chi connectivity index (χ1) is 11.0. The highest BCUT2D eigenvalue weighted by Gasteiger charge is 2.32. The fourth-order valence-electron chi connectivity index (χ4n) is 2.71. The first kappa shape index (κ1) is 15.8. The number of hydrogen-bond donors (Lipinski definition) is 1. The molecule has 0 amide bonds. The second-order valence-electron chi connectivity index (χ2n) is 5.54. The van der Waals surface area contributed by atoms with Gasteiger partial charge in [-0.05, 0) is 30.5 Å². The smallest absolute Gasteiger partial charge is 0.373 e. The number of hydrogen-bond acceptors (Lipinski definition) is 3. The molecule has 2 unspecified atom stereocenters. The van der Waals surface area contributed by atoms with Crippen molar-refractivity contribution in [3.05, 3.63) is 59.8 Å². The zero-order valence-corrected chi connectivity index (χ0v) is 12.4. The number of nitrogens with zero attached hydrogens (tertiary/aromatic N) is 1. The van der Waals surface area contributed by atoms with E-state index in [1.807, 2.05) is 30.3 Å². The van der Waals surface area contributed by atoms with Crippen LogP contribution in [0, 0.1) is 0 Å². The molecule has 1 N–H and O–H groups in total. The zero-order valence-electron chi connectivity index (χ0n) is 12.4. The van der Waals surface area contributed by atoms with Crippen molar-refractivity contribution in [1.82, 2.24) is 4.98 Å². The third-order valence-corrected chi connectivity index (χ3v) is 3.85. The second-order valence-corrected chi connectivity index (χ2v) is 5.54. The summed E-state index contributed by atoms with van der Waals surface area (Å²) in [5, 5.41) is 3.10. The van der Waals surface area contributed by atoms with Crippen molar-refractivity contribution < 1.29 is 17.9 Å². The van der Waals surface area contributed by atoms with Crippen molar-refractivity contribution >= 4 is 5.82 Å². The number of ether oxygens (including phenoxy) is 1. The van der Waals surface area contributed by atoms with Crippen LogP contribution in [0.1, 0.15) is 30.2 Å². The predicted octanol–water partition coefficient (Wildman–Crippen LogP) is 4.43. The maximum Gasteiger partial charge on any atom is 0.433 e. The lowest BCUT2D eigenvalue weighted by atomic mass is 9.97. The summed E-state index contributed by atoms with van der Waals surface area (Å²) in [6.07, 6.45) is -3.04. The van der Waals surface area contributed by atoms with Gasteiger partial charge in [0.15, 0.2) is 0 Å². The quantitative estimate of drug-likeness (QED) is 0.907. The lowest BCUT2D eigenvalue weighted by Crippen LogP contribution is -2.30. The Balaban J connectivity index is 1.68. The van der Waals surface area contributed by atoms with Crippen molar-refractivity contribution in [2.75, 3.05) is 11.9 Å². The standard InChI is InChI=1S/C17H17F3N2O/c18-17(19,20)15-7-4-8-16(22-15)21-13-9-10-23-14(11-13)12-5-2-1-3-6-12/h1-8,13-14H,9-11H2,(H,21,22). The highest BCUT2D eigenvalue weighted by molar-refractivity contribution is 5.37. The van der Waals surface area contributed by atoms with Gasteiger partial charge in [-0.1, -0.05) is 36.4 Å². The van der Waals surface area contributed by atoms with Gasteiger partial charge in [-0.25, -0.2) is 4.98 Å². The van der Waals surface area contributed by atoms with Gasteiger partial charge in [-0.15, -0.1) is 0 Å². The Morgan fingerprint density at radius 3 is 2.57 bits per heavy atom. The van der Waals surface area contributed by atoms with Gasteiger partial charge in [0.25, 0.3) is 0 Å². The van der Waals surface area contributed by atoms with Crippen molar-refractivity contribution in [3.63, 3.8) is 0 Å². The van der Waals surface area contributed by atoms with Gasteiger partial charge in [0.05, 0.1) is 6.10 Å². The summed E-state index contributed by atoms with van der Waals surface area (Å²) in [6, 6.07) is 13.8. The summed E-state index contributed by atoms with van der Waals surface area (Å²) in [7, 11) is 0. The average Bonchev–Trinajstić information content (AvgIpc) is 2.55. The summed E-state index contributed by atoms with van der Waals surface area (Å²) >= 11 is 0. The summed E-state index contributed by atoms with van der Waals surface area (Å²) < 4.78 is 43.9. The molecule has 0 saturated carbocycles. The largest absolute Gasteiger partial charge is 0.433 e. The van der Waals surface area contributed by atoms with Gasteiger partial charge in [0, 0.05) is 12.6 Å². The fourth-order valence-corrected chi connectivity index (χ4v) is 2.71. The molecule has 6 heteroatoms. The summed E-state index contributed by atoms with van der Waals surface area (Å²) in [5.74, 6) is 0.249. The van der Waals surface area contributed by atoms with Gasteiger partial charge >= 0.3 is 6.18 Å². The van der Waals surface area contributed by atoms with E-state index in [4.69, 9.17) is 4.74 Å². The predicted molar refractivity (Wildman–Crippen MR) is 81.0 cm³/mol. The number of pyridine rings is 1. The molecule has 1 aliphatic rings. The molecule has 0 bridgehead atoms. The zero-order chi connectivity index (χ0) is 16.3. The van der Waals surface area contributed by atoms with Crippen LogP contribution in [-0.2, 0) is 10.9 Å². The molecule has 0 aliphatic carbocycles. The van der Waals surface area contributed by atoms with Crippen LogP contribution >= 0.6 is 0 Å². The van der Waals surface area contributed by atoms with Crippen LogP contribution in [0.25, 0.3) is 0 Å². The van der Waals surface area contributed by atoms with E-state index in [0.717, 1.165) is 18.1 Å². The number of halogens is 3. The maximum atomic E-state index is 12.7. The summed E-state index contributed by atoms with van der Waals surface area (Å²) in [6.45, 7) is 0.566. The van der Waals surface area contributed by atoms with Crippen molar-refractivity contribution in [2.45, 2.75) is 31.2 Å². The van der Waals surface area contributed by atoms with Crippen LogP contribution in [0.5, 0.6) is 0 Å². The minimum absolute atomic E-state index is 0.0324. The SMILES string of the molecule is FC(F)(F)c1cccc(NC2CCOC(c3ccccc3)C2)n1. The first-order valence-electron chi connectivity index (χ1n) is 7.50. The van der Waals surface area contributed by atoms with Crippen LogP contribution in [0.2, 0.25) is 0 Å². The Kier molecular flexibility index (Phi) is 4.52. The minimum atomic E-state index is -4.43. The highest BCUT2D eigenvalue weighted by Crippen LogP contribution is 2.31. The van der Waals surface area contributed by atoms with Crippen LogP contribution in [0.4, 0.5) is 19.0 Å². The van der Waals surface area contributed by atoms with E-state index in [1.54, 1.807) is 6.07 Å². The molecule has 1 saturated heterocycles. The van der Waals surface area contributed by atoms with Gasteiger partial charge in [0.2, 0.25) is 0 Å². The topological polar surface area (TPSA) is 34.1 Å². The van der Waals surface area contributed by atoms with E-state index in [9.17, 15) is 13.2 Å². The molecule has 122 valence electrons. The summed E-state index contributed by atoms with van der Waals surface area (Å²) in [4.78, 5) is 3.66. The highest BCUT2D eigenvalue weighted by atomic mass is 19.4. The molecule has 3 nitrogen and oxygen atoms in total. The Labute approximate surface area is 132 Å². The average molecular weight is 322 g/mol. The molecule has 2 heterocycles. The lowest BCUT2D eigenvalue weighted by Gasteiger charge is -2.30. The summed E-state index contributed by atoms with van der Waals surface area (Å²) in [5.41, 5.74) is 0.199. The van der Waals surface area contributed by atoms with Crippen LogP contribution in [0.3, 0.4) is 0 Å². The Morgan fingerprint density at radius 1 is 1.04 bits per heavy atom. The molecule has 1 aromatic carbocycles. The second kappa shape index (κ2) is 6.58. The Bertz CT molecular complexity index is 646. The van der Waals surface area contributed by atoms with Crippen molar-refractivity contribution in [2.24, 2.45) is 0 Å². The monoisotopic (exact) mass is 322 g/mol. The number of rotatable bonds is 3. The lowest BCUT2D eigenvalue weighted by molar-refractivity contribution is -0.141. The molecule has 1 aliphatic heterocycles. The van der Waals surface area contributed by atoms with E-state index in [1.165, 1.54) is 6.07 Å². The Morgan fingerprint density at radius 2 is 1.83 bits per heavy atom. The van der Waals surface area contributed by atoms with E-state index in [2.05, 4.69) is 10.3 Å². The number of anilines is 1. The molecule has 23 heavy (non-hydrogen) atoms. The Hall–Kier alpha value is -2.08. The van der Waals surface area contributed by atoms with E-state index < -0.39 is 11.9 Å². The van der Waals surface area contributed by atoms with Gasteiger partial charge < -0.3 is 10.1 Å². The molecule has 2 aromatic rings. The number of aromatic nitrogens is 1. The molecule has 1 fully saturated rings. The van der Waals surface area contributed by atoms with Crippen LogP contribution in [-0.4, -0.2) is 17.6 Å². The van der Waals surface area contributed by atoms with E-state index in [0.29, 0.717) is 13.0 Å². The molecule has 0 spiro atoms. The third kappa shape index (κ3) is 4.01. The fraction of sp³-hybridized carbons (Fsp3) is 0.353. The molecular formula is C17H17F3N2O. The van der Waals surface area contributed by atoms with Gasteiger partial charge in [0.1, 0.15) is 11.5 Å².